The molecule has 0 bridgehead atoms. The van der Waals surface area contributed by atoms with Crippen molar-refractivity contribution in [3.63, 3.8) is 0 Å². The number of nitrogens with zero attached hydrogens (tertiary/aromatic N) is 1. The lowest BCUT2D eigenvalue weighted by atomic mass is 10.1. The average molecular weight is 405 g/mol. The molecule has 1 heterocycles. The number of nitrogens with one attached hydrogen (secondary N) is 2. The van der Waals surface area contributed by atoms with Gasteiger partial charge >= 0.3 is 0 Å². The Hall–Kier alpha value is -3.45. The summed E-state index contributed by atoms with van der Waals surface area (Å²) in [7, 11) is -3.79. The molecule has 29 heavy (non-hydrogen) atoms. The fraction of sp³-hybridized carbons (Fsp3) is 0.0909. The van der Waals surface area contributed by atoms with E-state index in [-0.39, 0.29) is 16.5 Å². The van der Waals surface area contributed by atoms with E-state index in [2.05, 4.69) is 15.0 Å². The van der Waals surface area contributed by atoms with Gasteiger partial charge in [0, 0.05) is 5.56 Å². The highest BCUT2D eigenvalue weighted by molar-refractivity contribution is 7.92. The van der Waals surface area contributed by atoms with Crippen LogP contribution in [0, 0.1) is 13.8 Å². The van der Waals surface area contributed by atoms with Crippen LogP contribution in [0.4, 0.5) is 17.1 Å². The van der Waals surface area contributed by atoms with Crippen LogP contribution in [0.3, 0.4) is 0 Å². The number of fused-ring (bicyclic) bond motifs is 1. The van der Waals surface area contributed by atoms with E-state index in [1.807, 2.05) is 32.0 Å². The average Bonchev–Trinajstić information content (AvgIpc) is 2.98. The summed E-state index contributed by atoms with van der Waals surface area (Å²) in [5, 5.41) is 2.79. The standard InChI is InChI=1S/C22H19N3O3S/c1-14-7-10-16(11-8-14)29(27,28)25-20-6-4-3-5-19(20)23-21-17-13-15(2)9-12-18(17)24-22(21)26/h3-13,25H,1-2H3,(H,23,24,26). The van der Waals surface area contributed by atoms with E-state index in [1.165, 1.54) is 0 Å². The number of hydrogen-bond acceptors (Lipinski definition) is 4. The highest BCUT2D eigenvalue weighted by Crippen LogP contribution is 2.31. The molecule has 0 saturated carbocycles. The summed E-state index contributed by atoms with van der Waals surface area (Å²) in [5.74, 6) is -0.318. The summed E-state index contributed by atoms with van der Waals surface area (Å²) in [4.78, 5) is 17.1. The quantitative estimate of drug-likeness (QED) is 0.683. The van der Waals surface area contributed by atoms with Gasteiger partial charge in [0.25, 0.3) is 15.9 Å². The molecule has 7 heteroatoms. The molecular formula is C22H19N3O3S. The van der Waals surface area contributed by atoms with Crippen molar-refractivity contribution in [1.29, 1.82) is 0 Å². The topological polar surface area (TPSA) is 87.6 Å². The van der Waals surface area contributed by atoms with Crippen molar-refractivity contribution in [1.82, 2.24) is 0 Å². The number of rotatable bonds is 4. The molecule has 4 rings (SSSR count). The third-order valence-corrected chi connectivity index (χ3v) is 5.99. The minimum atomic E-state index is -3.79. The first-order valence-electron chi connectivity index (χ1n) is 9.03. The van der Waals surface area contributed by atoms with Crippen LogP contribution in [0.5, 0.6) is 0 Å². The van der Waals surface area contributed by atoms with Crippen molar-refractivity contribution < 1.29 is 13.2 Å². The Morgan fingerprint density at radius 2 is 1.59 bits per heavy atom. The van der Waals surface area contributed by atoms with Crippen LogP contribution < -0.4 is 10.0 Å². The van der Waals surface area contributed by atoms with E-state index in [4.69, 9.17) is 0 Å². The molecule has 0 aliphatic carbocycles. The van der Waals surface area contributed by atoms with Gasteiger partial charge in [-0.1, -0.05) is 41.5 Å². The number of carbonyl (C=O) groups excluding carboxylic acids is 1. The fourth-order valence-electron chi connectivity index (χ4n) is 3.08. The van der Waals surface area contributed by atoms with Gasteiger partial charge in [0.15, 0.2) is 0 Å². The van der Waals surface area contributed by atoms with Gasteiger partial charge < -0.3 is 5.32 Å². The Balaban J connectivity index is 1.74. The van der Waals surface area contributed by atoms with Crippen molar-refractivity contribution >= 4 is 38.7 Å². The molecule has 0 saturated heterocycles. The van der Waals surface area contributed by atoms with Gasteiger partial charge in [0.05, 0.1) is 22.0 Å². The molecule has 3 aromatic rings. The normalized spacial score (nSPS) is 14.6. The summed E-state index contributed by atoms with van der Waals surface area (Å²) >= 11 is 0. The molecule has 0 atom stereocenters. The maximum absolute atomic E-state index is 12.8. The van der Waals surface area contributed by atoms with Crippen molar-refractivity contribution in [3.05, 3.63) is 83.4 Å². The zero-order valence-electron chi connectivity index (χ0n) is 15.9. The second-order valence-electron chi connectivity index (χ2n) is 6.90. The van der Waals surface area contributed by atoms with E-state index in [0.717, 1.165) is 11.1 Å². The van der Waals surface area contributed by atoms with Gasteiger partial charge in [0.2, 0.25) is 0 Å². The minimum Gasteiger partial charge on any atom is -0.320 e. The smallest absolute Gasteiger partial charge is 0.275 e. The van der Waals surface area contributed by atoms with Gasteiger partial charge in [-0.25, -0.2) is 13.4 Å². The summed E-state index contributed by atoms with van der Waals surface area (Å²) < 4.78 is 28.1. The maximum atomic E-state index is 12.8. The summed E-state index contributed by atoms with van der Waals surface area (Å²) in [6, 6.07) is 18.9. The lowest BCUT2D eigenvalue weighted by Gasteiger charge is -2.11. The van der Waals surface area contributed by atoms with Crippen molar-refractivity contribution in [2.45, 2.75) is 18.7 Å². The molecule has 0 unspecified atom stereocenters. The predicted molar refractivity (Wildman–Crippen MR) is 114 cm³/mol. The van der Waals surface area contributed by atoms with Gasteiger partial charge in [-0.2, -0.15) is 0 Å². The third kappa shape index (κ3) is 3.77. The number of benzene rings is 3. The first-order chi connectivity index (χ1) is 13.8. The monoisotopic (exact) mass is 405 g/mol. The summed E-state index contributed by atoms with van der Waals surface area (Å²) in [6.07, 6.45) is 0. The highest BCUT2D eigenvalue weighted by Gasteiger charge is 2.26. The molecule has 0 radical (unpaired) electrons. The molecule has 2 N–H and O–H groups in total. The number of anilines is 2. The first-order valence-corrected chi connectivity index (χ1v) is 10.5. The van der Waals surface area contributed by atoms with E-state index in [9.17, 15) is 13.2 Å². The van der Waals surface area contributed by atoms with Gasteiger partial charge in [-0.3, -0.25) is 9.52 Å². The molecule has 146 valence electrons. The van der Waals surface area contributed by atoms with Crippen LogP contribution in [-0.4, -0.2) is 20.0 Å². The second kappa shape index (κ2) is 7.18. The van der Waals surface area contributed by atoms with E-state index >= 15 is 0 Å². The van der Waals surface area contributed by atoms with Gasteiger partial charge in [-0.05, 0) is 50.2 Å². The van der Waals surface area contributed by atoms with E-state index in [0.29, 0.717) is 22.6 Å². The predicted octanol–water partition coefficient (Wildman–Crippen LogP) is 4.18. The number of sulfonamides is 1. The Morgan fingerprint density at radius 3 is 2.34 bits per heavy atom. The van der Waals surface area contributed by atoms with E-state index in [1.54, 1.807) is 48.5 Å². The SMILES string of the molecule is Cc1ccc(S(=O)(=O)Nc2ccccc2N=C2C(=O)Nc3ccc(C)cc32)cc1. The number of hydrogen-bond donors (Lipinski definition) is 2. The summed E-state index contributed by atoms with van der Waals surface area (Å²) in [6.45, 7) is 3.83. The zero-order valence-corrected chi connectivity index (χ0v) is 16.7. The van der Waals surface area contributed by atoms with Crippen LogP contribution >= 0.6 is 0 Å². The lowest BCUT2D eigenvalue weighted by molar-refractivity contribution is -0.110. The largest absolute Gasteiger partial charge is 0.320 e. The van der Waals surface area contributed by atoms with E-state index < -0.39 is 10.0 Å². The minimum absolute atomic E-state index is 0.158. The molecule has 3 aromatic carbocycles. The summed E-state index contributed by atoms with van der Waals surface area (Å²) in [5.41, 5.74) is 4.28. The first kappa shape index (κ1) is 18.9. The maximum Gasteiger partial charge on any atom is 0.275 e. The number of amides is 1. The molecule has 1 aliphatic rings. The van der Waals surface area contributed by atoms with Crippen LogP contribution in [0.1, 0.15) is 16.7 Å². The van der Waals surface area contributed by atoms with Crippen LogP contribution in [0.15, 0.2) is 76.6 Å². The number of carbonyl (C=O) groups is 1. The Labute approximate surface area is 169 Å². The van der Waals surface area contributed by atoms with Crippen molar-refractivity contribution in [2.75, 3.05) is 10.0 Å². The molecule has 0 spiro atoms. The molecule has 0 fully saturated rings. The highest BCUT2D eigenvalue weighted by atomic mass is 32.2. The number of aliphatic imine (C=N–C) groups is 1. The van der Waals surface area contributed by atoms with Crippen LogP contribution in [0.2, 0.25) is 0 Å². The Kier molecular flexibility index (Phi) is 4.68. The molecule has 6 nitrogen and oxygen atoms in total. The van der Waals surface area contributed by atoms with Crippen molar-refractivity contribution in [2.24, 2.45) is 4.99 Å². The van der Waals surface area contributed by atoms with Gasteiger partial charge in [-0.15, -0.1) is 0 Å². The van der Waals surface area contributed by atoms with Crippen LogP contribution in [0.25, 0.3) is 0 Å². The van der Waals surface area contributed by atoms with Crippen LogP contribution in [-0.2, 0) is 14.8 Å². The zero-order chi connectivity index (χ0) is 20.6. The molecule has 1 aliphatic heterocycles. The number of aryl methyl sites for hydroxylation is 2. The second-order valence-corrected chi connectivity index (χ2v) is 8.58. The Bertz CT molecular complexity index is 1250. The Morgan fingerprint density at radius 1 is 0.897 bits per heavy atom. The number of para-hydroxylation sites is 2. The molecular weight excluding hydrogens is 386 g/mol. The third-order valence-electron chi connectivity index (χ3n) is 4.61. The molecule has 0 aromatic heterocycles. The molecule has 1 amide bonds. The lowest BCUT2D eigenvalue weighted by Crippen LogP contribution is -2.15. The fourth-order valence-corrected chi connectivity index (χ4v) is 4.15. The van der Waals surface area contributed by atoms with Crippen molar-refractivity contribution in [3.8, 4) is 0 Å². The van der Waals surface area contributed by atoms with Gasteiger partial charge in [0.1, 0.15) is 5.71 Å².